The third-order valence-electron chi connectivity index (χ3n) is 3.08. The molecule has 0 saturated carbocycles. The van der Waals surface area contributed by atoms with Crippen LogP contribution >= 0.6 is 11.8 Å². The Morgan fingerprint density at radius 3 is 2.53 bits per heavy atom. The van der Waals surface area contributed by atoms with Crippen molar-refractivity contribution >= 4 is 16.9 Å². The molecule has 1 aromatic rings. The first-order valence-corrected chi connectivity index (χ1v) is 7.17. The number of amidine groups is 1. The van der Waals surface area contributed by atoms with Crippen molar-refractivity contribution in [1.29, 1.82) is 0 Å². The van der Waals surface area contributed by atoms with Gasteiger partial charge in [-0.3, -0.25) is 4.99 Å². The maximum Gasteiger partial charge on any atom is 0.157 e. The molecule has 1 aromatic carbocycles. The molecule has 0 bridgehead atoms. The summed E-state index contributed by atoms with van der Waals surface area (Å²) in [7, 11) is 0. The minimum atomic E-state index is 0.327. The summed E-state index contributed by atoms with van der Waals surface area (Å²) in [5.41, 5.74) is 1.31. The minimum absolute atomic E-state index is 0.327. The van der Waals surface area contributed by atoms with Crippen LogP contribution in [0.4, 0.5) is 0 Å². The third-order valence-corrected chi connectivity index (χ3v) is 4.09. The van der Waals surface area contributed by atoms with E-state index in [1.165, 1.54) is 5.56 Å². The highest BCUT2D eigenvalue weighted by Crippen LogP contribution is 2.24. The van der Waals surface area contributed by atoms with Gasteiger partial charge in [-0.1, -0.05) is 55.9 Å². The van der Waals surface area contributed by atoms with Gasteiger partial charge in [0, 0.05) is 5.75 Å². The smallest absolute Gasteiger partial charge is 0.157 e. The molecule has 0 aromatic heterocycles. The lowest BCUT2D eigenvalue weighted by atomic mass is 10.1. The van der Waals surface area contributed by atoms with Crippen LogP contribution in [-0.4, -0.2) is 17.0 Å². The predicted molar refractivity (Wildman–Crippen MR) is 76.5 cm³/mol. The Morgan fingerprint density at radius 1 is 1.24 bits per heavy atom. The van der Waals surface area contributed by atoms with E-state index in [0.717, 1.165) is 10.9 Å². The lowest BCUT2D eigenvalue weighted by Gasteiger charge is -2.14. The molecule has 2 nitrogen and oxygen atoms in total. The van der Waals surface area contributed by atoms with E-state index in [4.69, 9.17) is 4.99 Å². The number of rotatable bonds is 3. The summed E-state index contributed by atoms with van der Waals surface area (Å²) in [6.45, 7) is 6.65. The molecule has 1 unspecified atom stereocenters. The largest absolute Gasteiger partial charge is 0.358 e. The van der Waals surface area contributed by atoms with Crippen LogP contribution < -0.4 is 5.32 Å². The van der Waals surface area contributed by atoms with E-state index in [0.29, 0.717) is 18.0 Å². The second-order valence-electron chi connectivity index (χ2n) is 4.83. The molecule has 17 heavy (non-hydrogen) atoms. The van der Waals surface area contributed by atoms with E-state index < -0.39 is 0 Å². The van der Waals surface area contributed by atoms with Crippen molar-refractivity contribution in [2.45, 2.75) is 32.9 Å². The molecule has 0 fully saturated rings. The zero-order chi connectivity index (χ0) is 12.3. The average Bonchev–Trinajstić information content (AvgIpc) is 2.79. The molecular weight excluding hydrogens is 228 g/mol. The third kappa shape index (κ3) is 3.25. The Labute approximate surface area is 108 Å². The number of benzene rings is 1. The highest BCUT2D eigenvalue weighted by Gasteiger charge is 2.21. The highest BCUT2D eigenvalue weighted by atomic mass is 32.2. The van der Waals surface area contributed by atoms with E-state index in [1.54, 1.807) is 0 Å². The summed E-state index contributed by atoms with van der Waals surface area (Å²) in [6, 6.07) is 11.3. The van der Waals surface area contributed by atoms with Gasteiger partial charge in [0.15, 0.2) is 5.17 Å². The van der Waals surface area contributed by atoms with E-state index in [1.807, 2.05) is 17.8 Å². The molecule has 0 amide bonds. The van der Waals surface area contributed by atoms with Crippen molar-refractivity contribution in [2.75, 3.05) is 5.75 Å². The van der Waals surface area contributed by atoms with E-state index in [9.17, 15) is 0 Å². The lowest BCUT2D eigenvalue weighted by Crippen LogP contribution is -2.23. The van der Waals surface area contributed by atoms with Crippen molar-refractivity contribution in [1.82, 2.24) is 5.32 Å². The molecule has 3 heteroatoms. The van der Waals surface area contributed by atoms with E-state index >= 15 is 0 Å². The van der Waals surface area contributed by atoms with Gasteiger partial charge in [0.1, 0.15) is 0 Å². The van der Waals surface area contributed by atoms with Crippen LogP contribution in [0.5, 0.6) is 0 Å². The monoisotopic (exact) mass is 248 g/mol. The summed E-state index contributed by atoms with van der Waals surface area (Å²) >= 11 is 1.84. The molecule has 2 rings (SSSR count). The van der Waals surface area contributed by atoms with Crippen molar-refractivity contribution in [2.24, 2.45) is 10.9 Å². The highest BCUT2D eigenvalue weighted by molar-refractivity contribution is 8.14. The SMILES string of the molecule is CC(NC1=N[C@@H](C(C)C)CS1)c1ccccc1. The molecule has 92 valence electrons. The quantitative estimate of drug-likeness (QED) is 0.886. The van der Waals surface area contributed by atoms with Gasteiger partial charge in [0.2, 0.25) is 0 Å². The predicted octanol–water partition coefficient (Wildman–Crippen LogP) is 3.46. The van der Waals surface area contributed by atoms with Crippen molar-refractivity contribution in [3.8, 4) is 0 Å². The molecule has 1 aliphatic heterocycles. The van der Waals surface area contributed by atoms with Gasteiger partial charge in [-0.2, -0.15) is 0 Å². The van der Waals surface area contributed by atoms with Crippen LogP contribution in [0, 0.1) is 5.92 Å². The number of nitrogens with zero attached hydrogens (tertiary/aromatic N) is 1. The zero-order valence-corrected chi connectivity index (χ0v) is 11.5. The normalized spacial score (nSPS) is 21.4. The van der Waals surface area contributed by atoms with Crippen LogP contribution in [0.3, 0.4) is 0 Å². The number of nitrogens with one attached hydrogen (secondary N) is 1. The summed E-state index contributed by atoms with van der Waals surface area (Å²) in [5.74, 6) is 1.75. The molecule has 1 heterocycles. The van der Waals surface area contributed by atoms with E-state index in [2.05, 4.69) is 50.4 Å². The fourth-order valence-electron chi connectivity index (χ4n) is 1.82. The summed E-state index contributed by atoms with van der Waals surface area (Å²) in [4.78, 5) is 4.72. The Bertz CT molecular complexity index is 386. The van der Waals surface area contributed by atoms with Crippen LogP contribution in [0.1, 0.15) is 32.4 Å². The fraction of sp³-hybridized carbons (Fsp3) is 0.500. The van der Waals surface area contributed by atoms with Gasteiger partial charge in [-0.25, -0.2) is 0 Å². The van der Waals surface area contributed by atoms with Crippen molar-refractivity contribution in [3.05, 3.63) is 35.9 Å². The summed E-state index contributed by atoms with van der Waals surface area (Å²) < 4.78 is 0. The van der Waals surface area contributed by atoms with Gasteiger partial charge in [-0.05, 0) is 18.4 Å². The number of hydrogen-bond acceptors (Lipinski definition) is 3. The van der Waals surface area contributed by atoms with Crippen LogP contribution in [0.2, 0.25) is 0 Å². The maximum absolute atomic E-state index is 4.72. The molecule has 0 radical (unpaired) electrons. The van der Waals surface area contributed by atoms with Gasteiger partial charge in [0.25, 0.3) is 0 Å². The summed E-state index contributed by atoms with van der Waals surface area (Å²) in [5, 5.41) is 4.59. The van der Waals surface area contributed by atoms with Crippen molar-refractivity contribution in [3.63, 3.8) is 0 Å². The molecule has 0 spiro atoms. The van der Waals surface area contributed by atoms with Crippen LogP contribution in [-0.2, 0) is 0 Å². The number of hydrogen-bond donors (Lipinski definition) is 1. The first-order valence-electron chi connectivity index (χ1n) is 6.19. The average molecular weight is 248 g/mol. The first kappa shape index (κ1) is 12.5. The fourth-order valence-corrected chi connectivity index (χ4v) is 3.08. The standard InChI is InChI=1S/C14H20N2S/c1-10(2)13-9-17-14(16-13)15-11(3)12-7-5-4-6-8-12/h4-8,10-11,13H,9H2,1-3H3,(H,15,16)/t11?,13-/m1/s1. The Morgan fingerprint density at radius 2 is 1.94 bits per heavy atom. The van der Waals surface area contributed by atoms with Crippen LogP contribution in [0.25, 0.3) is 0 Å². The van der Waals surface area contributed by atoms with E-state index in [-0.39, 0.29) is 0 Å². The lowest BCUT2D eigenvalue weighted by molar-refractivity contribution is 0.541. The molecule has 0 saturated heterocycles. The van der Waals surface area contributed by atoms with Crippen LogP contribution in [0.15, 0.2) is 35.3 Å². The van der Waals surface area contributed by atoms with Gasteiger partial charge < -0.3 is 5.32 Å². The number of thioether (sulfide) groups is 1. The Kier molecular flexibility index (Phi) is 4.11. The molecule has 1 aliphatic rings. The molecular formula is C14H20N2S. The molecule has 0 aliphatic carbocycles. The van der Waals surface area contributed by atoms with Gasteiger partial charge in [0.05, 0.1) is 12.1 Å². The second kappa shape index (κ2) is 5.58. The topological polar surface area (TPSA) is 24.4 Å². The molecule has 1 N–H and O–H groups in total. The minimum Gasteiger partial charge on any atom is -0.358 e. The first-order chi connectivity index (χ1) is 8.16. The number of aliphatic imine (C=N–C) groups is 1. The van der Waals surface area contributed by atoms with Crippen molar-refractivity contribution < 1.29 is 0 Å². The zero-order valence-electron chi connectivity index (χ0n) is 10.7. The summed E-state index contributed by atoms with van der Waals surface area (Å²) in [6.07, 6.45) is 0. The Balaban J connectivity index is 1.96. The molecule has 2 atom stereocenters. The maximum atomic E-state index is 4.72. The van der Waals surface area contributed by atoms with Gasteiger partial charge in [-0.15, -0.1) is 0 Å². The Hall–Kier alpha value is -0.960. The van der Waals surface area contributed by atoms with Gasteiger partial charge >= 0.3 is 0 Å². The second-order valence-corrected chi connectivity index (χ2v) is 5.84.